The first-order valence-electron chi connectivity index (χ1n) is 12.4. The number of carbonyl (C=O) groups excluding carboxylic acids is 2. The predicted octanol–water partition coefficient (Wildman–Crippen LogP) is 1.89. The molecule has 12 nitrogen and oxygen atoms in total. The Morgan fingerprint density at radius 1 is 1.11 bits per heavy atom. The summed E-state index contributed by atoms with van der Waals surface area (Å²) in [4.78, 5) is 49.4. The SMILES string of the molecule is Cc1nc(C2CCCN(C(=O)C3=NOC4(CCCN(C(=O)c5c(C)nc6ncccn56)C4)C3)C2)no1. The molecule has 12 heteroatoms. The van der Waals surface area contributed by atoms with Gasteiger partial charge >= 0.3 is 0 Å². The number of aryl methyl sites for hydroxylation is 2. The normalized spacial score (nSPS) is 24.3. The summed E-state index contributed by atoms with van der Waals surface area (Å²) in [7, 11) is 0. The monoisotopic (exact) mass is 492 g/mol. The second-order valence-corrected chi connectivity index (χ2v) is 9.92. The third-order valence-corrected chi connectivity index (χ3v) is 7.31. The number of fused-ring (bicyclic) bond motifs is 1. The number of likely N-dealkylation sites (tertiary alicyclic amines) is 2. The van der Waals surface area contributed by atoms with Crippen LogP contribution in [0.4, 0.5) is 0 Å². The molecule has 2 unspecified atom stereocenters. The van der Waals surface area contributed by atoms with Crippen molar-refractivity contribution in [2.45, 2.75) is 57.5 Å². The summed E-state index contributed by atoms with van der Waals surface area (Å²) in [6.07, 6.45) is 7.09. The van der Waals surface area contributed by atoms with Crippen molar-refractivity contribution in [1.82, 2.24) is 34.3 Å². The van der Waals surface area contributed by atoms with Crippen molar-refractivity contribution in [1.29, 1.82) is 0 Å². The van der Waals surface area contributed by atoms with Crippen molar-refractivity contribution in [3.8, 4) is 0 Å². The molecule has 0 N–H and O–H groups in total. The molecule has 2 fully saturated rings. The second kappa shape index (κ2) is 8.68. The fourth-order valence-corrected chi connectivity index (χ4v) is 5.57. The number of hydrogen-bond donors (Lipinski definition) is 0. The molecule has 3 aliphatic heterocycles. The van der Waals surface area contributed by atoms with Crippen molar-refractivity contribution in [3.05, 3.63) is 41.6 Å². The molecule has 0 bridgehead atoms. The van der Waals surface area contributed by atoms with Gasteiger partial charge in [0.2, 0.25) is 11.7 Å². The number of piperidine rings is 2. The van der Waals surface area contributed by atoms with Gasteiger partial charge in [0.25, 0.3) is 11.8 Å². The van der Waals surface area contributed by atoms with E-state index in [0.717, 1.165) is 25.7 Å². The Labute approximate surface area is 207 Å². The van der Waals surface area contributed by atoms with Crippen molar-refractivity contribution in [2.75, 3.05) is 26.2 Å². The number of oxime groups is 1. The molecule has 3 aromatic heterocycles. The zero-order valence-corrected chi connectivity index (χ0v) is 20.4. The summed E-state index contributed by atoms with van der Waals surface area (Å²) in [5.41, 5.74) is 0.853. The van der Waals surface area contributed by atoms with Gasteiger partial charge in [0.05, 0.1) is 12.2 Å². The van der Waals surface area contributed by atoms with Crippen LogP contribution in [0.1, 0.15) is 65.9 Å². The highest BCUT2D eigenvalue weighted by Crippen LogP contribution is 2.35. The van der Waals surface area contributed by atoms with E-state index in [1.54, 1.807) is 34.7 Å². The van der Waals surface area contributed by atoms with Gasteiger partial charge in [-0.25, -0.2) is 9.97 Å². The minimum atomic E-state index is -0.689. The van der Waals surface area contributed by atoms with E-state index in [2.05, 4.69) is 25.3 Å². The average Bonchev–Trinajstić information content (AvgIpc) is 3.60. The zero-order valence-electron chi connectivity index (χ0n) is 20.4. The fraction of sp³-hybridized carbons (Fsp3) is 0.542. The van der Waals surface area contributed by atoms with E-state index in [1.807, 2.05) is 11.8 Å². The molecule has 0 radical (unpaired) electrons. The molecule has 188 valence electrons. The van der Waals surface area contributed by atoms with E-state index < -0.39 is 5.60 Å². The van der Waals surface area contributed by atoms with Crippen LogP contribution in [0, 0.1) is 13.8 Å². The van der Waals surface area contributed by atoms with Crippen LogP contribution in [0.2, 0.25) is 0 Å². The van der Waals surface area contributed by atoms with Crippen molar-refractivity contribution in [2.24, 2.45) is 5.16 Å². The molecule has 6 heterocycles. The number of rotatable bonds is 3. The lowest BCUT2D eigenvalue weighted by atomic mass is 9.87. The van der Waals surface area contributed by atoms with E-state index in [4.69, 9.17) is 9.36 Å². The van der Waals surface area contributed by atoms with E-state index in [0.29, 0.717) is 67.2 Å². The number of nitrogens with zero attached hydrogens (tertiary/aromatic N) is 8. The van der Waals surface area contributed by atoms with Crippen LogP contribution in [-0.2, 0) is 9.63 Å². The summed E-state index contributed by atoms with van der Waals surface area (Å²) < 4.78 is 6.85. The molecular formula is C24H28N8O4. The highest BCUT2D eigenvalue weighted by Gasteiger charge is 2.47. The van der Waals surface area contributed by atoms with Gasteiger partial charge < -0.3 is 19.2 Å². The number of amides is 2. The lowest BCUT2D eigenvalue weighted by molar-refractivity contribution is -0.125. The van der Waals surface area contributed by atoms with E-state index in [1.165, 1.54) is 0 Å². The fourth-order valence-electron chi connectivity index (χ4n) is 5.57. The predicted molar refractivity (Wildman–Crippen MR) is 126 cm³/mol. The highest BCUT2D eigenvalue weighted by molar-refractivity contribution is 6.39. The standard InChI is InChI=1S/C24H28N8O4/c1-15-19(32-11-5-8-25-23(32)26-15)22(34)31-10-4-7-24(14-31)12-18(28-36-24)21(33)30-9-3-6-17(13-30)20-27-16(2)35-29-20/h5,8,11,17H,3-4,6-7,9-10,12-14H2,1-2H3. The van der Waals surface area contributed by atoms with Crippen LogP contribution in [0.15, 0.2) is 28.1 Å². The lowest BCUT2D eigenvalue weighted by Gasteiger charge is -2.38. The van der Waals surface area contributed by atoms with Crippen LogP contribution in [-0.4, -0.2) is 83.6 Å². The van der Waals surface area contributed by atoms with Crippen LogP contribution < -0.4 is 0 Å². The van der Waals surface area contributed by atoms with Gasteiger partial charge in [0, 0.05) is 51.3 Å². The van der Waals surface area contributed by atoms with E-state index in [9.17, 15) is 9.59 Å². The van der Waals surface area contributed by atoms with Gasteiger partial charge in [0.15, 0.2) is 11.4 Å². The summed E-state index contributed by atoms with van der Waals surface area (Å²) in [6, 6.07) is 1.78. The molecule has 1 spiro atoms. The van der Waals surface area contributed by atoms with Crippen LogP contribution in [0.3, 0.4) is 0 Å². The minimum absolute atomic E-state index is 0.0445. The molecule has 36 heavy (non-hydrogen) atoms. The van der Waals surface area contributed by atoms with Gasteiger partial charge in [0.1, 0.15) is 11.4 Å². The largest absolute Gasteiger partial charge is 0.386 e. The van der Waals surface area contributed by atoms with Gasteiger partial charge in [-0.3, -0.25) is 14.0 Å². The van der Waals surface area contributed by atoms with Crippen molar-refractivity contribution in [3.63, 3.8) is 0 Å². The van der Waals surface area contributed by atoms with Gasteiger partial charge in [-0.15, -0.1) is 0 Å². The second-order valence-electron chi connectivity index (χ2n) is 9.92. The summed E-state index contributed by atoms with van der Waals surface area (Å²) in [5, 5.41) is 8.27. The van der Waals surface area contributed by atoms with Crippen LogP contribution in [0.5, 0.6) is 0 Å². The molecule has 6 rings (SSSR count). The number of hydrogen-bond acceptors (Lipinski definition) is 9. The maximum Gasteiger partial charge on any atom is 0.272 e. The van der Waals surface area contributed by atoms with Crippen LogP contribution in [0.25, 0.3) is 5.78 Å². The molecule has 0 aliphatic carbocycles. The summed E-state index contributed by atoms with van der Waals surface area (Å²) >= 11 is 0. The third-order valence-electron chi connectivity index (χ3n) is 7.31. The van der Waals surface area contributed by atoms with Crippen molar-refractivity contribution >= 4 is 23.3 Å². The Kier molecular flexibility index (Phi) is 5.45. The maximum absolute atomic E-state index is 13.5. The van der Waals surface area contributed by atoms with Crippen LogP contribution >= 0.6 is 0 Å². The van der Waals surface area contributed by atoms with Gasteiger partial charge in [-0.05, 0) is 38.7 Å². The number of carbonyl (C=O) groups is 2. The Morgan fingerprint density at radius 2 is 1.97 bits per heavy atom. The van der Waals surface area contributed by atoms with Gasteiger partial charge in [-0.1, -0.05) is 10.3 Å². The smallest absolute Gasteiger partial charge is 0.272 e. The zero-order chi connectivity index (χ0) is 24.9. The first kappa shape index (κ1) is 22.6. The molecule has 2 saturated heterocycles. The lowest BCUT2D eigenvalue weighted by Crippen LogP contribution is -2.51. The number of imidazole rings is 1. The molecule has 0 aromatic carbocycles. The topological polar surface area (TPSA) is 131 Å². The molecule has 3 aromatic rings. The molecular weight excluding hydrogens is 464 g/mol. The first-order chi connectivity index (χ1) is 17.4. The van der Waals surface area contributed by atoms with Gasteiger partial charge in [-0.2, -0.15) is 4.98 Å². The Bertz CT molecular complexity index is 1360. The quantitative estimate of drug-likeness (QED) is 0.542. The minimum Gasteiger partial charge on any atom is -0.386 e. The van der Waals surface area contributed by atoms with E-state index in [-0.39, 0.29) is 17.7 Å². The highest BCUT2D eigenvalue weighted by atomic mass is 16.7. The Balaban J connectivity index is 1.14. The summed E-state index contributed by atoms with van der Waals surface area (Å²) in [6.45, 7) is 5.73. The summed E-state index contributed by atoms with van der Waals surface area (Å²) in [5.74, 6) is 1.46. The Morgan fingerprint density at radius 3 is 2.81 bits per heavy atom. The van der Waals surface area contributed by atoms with E-state index >= 15 is 0 Å². The first-order valence-corrected chi connectivity index (χ1v) is 12.4. The Hall–Kier alpha value is -3.83. The number of aromatic nitrogens is 5. The average molecular weight is 493 g/mol. The molecule has 2 atom stereocenters. The van der Waals surface area contributed by atoms with Crippen molar-refractivity contribution < 1.29 is 18.9 Å². The molecule has 2 amide bonds. The molecule has 0 saturated carbocycles. The molecule has 3 aliphatic rings. The third kappa shape index (κ3) is 3.90. The maximum atomic E-state index is 13.5.